The number of hydrogen-bond donors (Lipinski definition) is 0. The van der Waals surface area contributed by atoms with Crippen LogP contribution in [0.5, 0.6) is 0 Å². The molecule has 0 radical (unpaired) electrons. The molecule has 2 aromatic rings. The van der Waals surface area contributed by atoms with E-state index in [1.807, 2.05) is 13.8 Å². The van der Waals surface area contributed by atoms with Gasteiger partial charge in [0.2, 0.25) is 5.91 Å². The summed E-state index contributed by atoms with van der Waals surface area (Å²) < 4.78 is 19.6. The van der Waals surface area contributed by atoms with Gasteiger partial charge in [-0.1, -0.05) is 44.2 Å². The standard InChI is InChI=1S/C25H29FN2O4/c1-17(2)12-27-13-21(32-16-19-7-6-8-20(26)11-19)14-28(15-24(27)30)25(31)23-10-5-4-9-22(23)18(3)29/h4-11,17,21H,12-16H2,1-3H3/t21-/m0/s1. The molecule has 0 aromatic heterocycles. The first kappa shape index (κ1) is 23.6. The molecule has 7 heteroatoms. The molecule has 170 valence electrons. The predicted octanol–water partition coefficient (Wildman–Crippen LogP) is 3.55. The van der Waals surface area contributed by atoms with E-state index in [0.717, 1.165) is 0 Å². The predicted molar refractivity (Wildman–Crippen MR) is 119 cm³/mol. The van der Waals surface area contributed by atoms with Crippen LogP contribution >= 0.6 is 0 Å². The van der Waals surface area contributed by atoms with Gasteiger partial charge in [-0.15, -0.1) is 0 Å². The third-order valence-corrected chi connectivity index (χ3v) is 5.31. The number of carbonyl (C=O) groups excluding carboxylic acids is 3. The first-order valence-corrected chi connectivity index (χ1v) is 10.8. The third-order valence-electron chi connectivity index (χ3n) is 5.31. The summed E-state index contributed by atoms with van der Waals surface area (Å²) in [6.45, 7) is 6.61. The first-order chi connectivity index (χ1) is 15.2. The molecule has 0 saturated carbocycles. The van der Waals surface area contributed by atoms with Crippen LogP contribution in [0.4, 0.5) is 4.39 Å². The van der Waals surface area contributed by atoms with Gasteiger partial charge in [0.05, 0.1) is 18.3 Å². The first-order valence-electron chi connectivity index (χ1n) is 10.8. The lowest BCUT2D eigenvalue weighted by molar-refractivity contribution is -0.132. The highest BCUT2D eigenvalue weighted by Crippen LogP contribution is 2.18. The molecular formula is C25H29FN2O4. The Morgan fingerprint density at radius 2 is 1.81 bits per heavy atom. The van der Waals surface area contributed by atoms with E-state index in [-0.39, 0.29) is 54.6 Å². The molecule has 1 fully saturated rings. The largest absolute Gasteiger partial charge is 0.370 e. The summed E-state index contributed by atoms with van der Waals surface area (Å²) in [5, 5.41) is 0. The Morgan fingerprint density at radius 1 is 1.09 bits per heavy atom. The van der Waals surface area contributed by atoms with Gasteiger partial charge in [0.15, 0.2) is 5.78 Å². The molecule has 1 heterocycles. The number of amides is 2. The van der Waals surface area contributed by atoms with E-state index in [4.69, 9.17) is 4.74 Å². The van der Waals surface area contributed by atoms with Crippen molar-refractivity contribution in [3.63, 3.8) is 0 Å². The van der Waals surface area contributed by atoms with Crippen molar-refractivity contribution in [3.05, 3.63) is 71.0 Å². The van der Waals surface area contributed by atoms with Gasteiger partial charge in [-0.2, -0.15) is 0 Å². The van der Waals surface area contributed by atoms with Gasteiger partial charge in [0.25, 0.3) is 5.91 Å². The second kappa shape index (κ2) is 10.5. The maximum absolute atomic E-state index is 13.5. The topological polar surface area (TPSA) is 66.9 Å². The van der Waals surface area contributed by atoms with E-state index in [2.05, 4.69) is 0 Å². The van der Waals surface area contributed by atoms with Crippen molar-refractivity contribution in [2.75, 3.05) is 26.2 Å². The fourth-order valence-electron chi connectivity index (χ4n) is 3.84. The molecule has 6 nitrogen and oxygen atoms in total. The summed E-state index contributed by atoms with van der Waals surface area (Å²) in [5.41, 5.74) is 1.27. The number of ether oxygens (including phenoxy) is 1. The highest BCUT2D eigenvalue weighted by Gasteiger charge is 2.32. The third kappa shape index (κ3) is 6.01. The van der Waals surface area contributed by atoms with Crippen LogP contribution in [0.2, 0.25) is 0 Å². The second-order valence-electron chi connectivity index (χ2n) is 8.54. The summed E-state index contributed by atoms with van der Waals surface area (Å²) in [4.78, 5) is 41.4. The van der Waals surface area contributed by atoms with Crippen molar-refractivity contribution in [1.82, 2.24) is 9.80 Å². The van der Waals surface area contributed by atoms with Gasteiger partial charge < -0.3 is 14.5 Å². The lowest BCUT2D eigenvalue weighted by atomic mass is 10.0. The second-order valence-corrected chi connectivity index (χ2v) is 8.54. The van der Waals surface area contributed by atoms with E-state index in [1.54, 1.807) is 41.3 Å². The maximum atomic E-state index is 13.5. The summed E-state index contributed by atoms with van der Waals surface area (Å²) in [5.74, 6) is -0.848. The van der Waals surface area contributed by atoms with E-state index in [0.29, 0.717) is 24.2 Å². The Morgan fingerprint density at radius 3 is 2.47 bits per heavy atom. The van der Waals surface area contributed by atoms with Crippen molar-refractivity contribution >= 4 is 17.6 Å². The minimum atomic E-state index is -0.447. The maximum Gasteiger partial charge on any atom is 0.255 e. The summed E-state index contributed by atoms with van der Waals surface area (Å²) in [6, 6.07) is 12.8. The van der Waals surface area contributed by atoms with E-state index in [1.165, 1.54) is 24.0 Å². The summed E-state index contributed by atoms with van der Waals surface area (Å²) in [7, 11) is 0. The van der Waals surface area contributed by atoms with Crippen molar-refractivity contribution < 1.29 is 23.5 Å². The zero-order valence-corrected chi connectivity index (χ0v) is 18.7. The number of hydrogen-bond acceptors (Lipinski definition) is 4. The summed E-state index contributed by atoms with van der Waals surface area (Å²) in [6.07, 6.45) is -0.447. The number of nitrogens with zero attached hydrogens (tertiary/aromatic N) is 2. The molecule has 0 unspecified atom stereocenters. The van der Waals surface area contributed by atoms with Gasteiger partial charge in [0, 0.05) is 25.2 Å². The fraction of sp³-hybridized carbons (Fsp3) is 0.400. The lowest BCUT2D eigenvalue weighted by Crippen LogP contribution is -2.40. The molecule has 0 aliphatic carbocycles. The van der Waals surface area contributed by atoms with Crippen LogP contribution in [0, 0.1) is 11.7 Å². The molecule has 1 aliphatic heterocycles. The van der Waals surface area contributed by atoms with E-state index in [9.17, 15) is 18.8 Å². The number of carbonyl (C=O) groups is 3. The Balaban J connectivity index is 1.83. The number of Topliss-reactive ketones (excluding diaryl/α,β-unsaturated/α-hetero) is 1. The van der Waals surface area contributed by atoms with Gasteiger partial charge >= 0.3 is 0 Å². The van der Waals surface area contributed by atoms with E-state index < -0.39 is 6.10 Å². The quantitative estimate of drug-likeness (QED) is 0.618. The van der Waals surface area contributed by atoms with E-state index >= 15 is 0 Å². The van der Waals surface area contributed by atoms with Crippen LogP contribution in [0.1, 0.15) is 47.1 Å². The SMILES string of the molecule is CC(=O)c1ccccc1C(=O)N1CC(=O)N(CC(C)C)C[C@H](OCc2cccc(F)c2)C1. The smallest absolute Gasteiger partial charge is 0.255 e. The number of benzene rings is 2. The number of rotatable bonds is 7. The van der Waals surface area contributed by atoms with Gasteiger partial charge in [-0.05, 0) is 36.6 Å². The van der Waals surface area contributed by atoms with Crippen LogP contribution in [-0.4, -0.2) is 59.7 Å². The van der Waals surface area contributed by atoms with Crippen molar-refractivity contribution in [1.29, 1.82) is 0 Å². The monoisotopic (exact) mass is 440 g/mol. The van der Waals surface area contributed by atoms with Gasteiger partial charge in [-0.25, -0.2) is 4.39 Å². The molecular weight excluding hydrogens is 411 g/mol. The summed E-state index contributed by atoms with van der Waals surface area (Å²) >= 11 is 0. The van der Waals surface area contributed by atoms with Crippen molar-refractivity contribution in [2.45, 2.75) is 33.5 Å². The molecule has 0 N–H and O–H groups in total. The van der Waals surface area contributed by atoms with Crippen LogP contribution in [0.15, 0.2) is 48.5 Å². The van der Waals surface area contributed by atoms with Crippen LogP contribution in [0.3, 0.4) is 0 Å². The van der Waals surface area contributed by atoms with Gasteiger partial charge in [0.1, 0.15) is 12.4 Å². The highest BCUT2D eigenvalue weighted by molar-refractivity contribution is 6.07. The highest BCUT2D eigenvalue weighted by atomic mass is 19.1. The molecule has 1 aliphatic rings. The average Bonchev–Trinajstić information content (AvgIpc) is 2.90. The zero-order chi connectivity index (χ0) is 23.3. The number of ketones is 1. The molecule has 32 heavy (non-hydrogen) atoms. The molecule has 2 aromatic carbocycles. The molecule has 0 spiro atoms. The minimum Gasteiger partial charge on any atom is -0.370 e. The fourth-order valence-corrected chi connectivity index (χ4v) is 3.84. The zero-order valence-electron chi connectivity index (χ0n) is 18.7. The molecule has 1 saturated heterocycles. The molecule has 2 amide bonds. The van der Waals surface area contributed by atoms with Crippen molar-refractivity contribution in [3.8, 4) is 0 Å². The Kier molecular flexibility index (Phi) is 7.75. The van der Waals surface area contributed by atoms with Crippen LogP contribution in [0.25, 0.3) is 0 Å². The average molecular weight is 441 g/mol. The Hall–Kier alpha value is -3.06. The number of halogens is 1. The van der Waals surface area contributed by atoms with Gasteiger partial charge in [-0.3, -0.25) is 14.4 Å². The Labute approximate surface area is 188 Å². The van der Waals surface area contributed by atoms with Crippen LogP contribution in [-0.2, 0) is 16.1 Å². The Bertz CT molecular complexity index is 991. The van der Waals surface area contributed by atoms with Crippen LogP contribution < -0.4 is 0 Å². The molecule has 3 rings (SSSR count). The van der Waals surface area contributed by atoms with Crippen molar-refractivity contribution in [2.24, 2.45) is 5.92 Å². The molecule has 0 bridgehead atoms. The normalized spacial score (nSPS) is 16.9. The molecule has 1 atom stereocenters. The minimum absolute atomic E-state index is 0.0857. The lowest BCUT2D eigenvalue weighted by Gasteiger charge is -2.26.